The zero-order valence-electron chi connectivity index (χ0n) is 25.1. The molecule has 0 saturated carbocycles. The van der Waals surface area contributed by atoms with E-state index in [0.29, 0.717) is 35.2 Å². The largest absolute Gasteiger partial charge is 0.494 e. The van der Waals surface area contributed by atoms with Crippen LogP contribution in [0.1, 0.15) is 26.7 Å². The number of ether oxygens (including phenoxy) is 1. The average Bonchev–Trinajstić information content (AvgIpc) is 3.03. The number of likely N-dealkylation sites (N-methyl/N-ethyl adjacent to an activating group) is 1. The van der Waals surface area contributed by atoms with Crippen molar-refractivity contribution in [1.82, 2.24) is 19.8 Å². The van der Waals surface area contributed by atoms with Gasteiger partial charge in [0.05, 0.1) is 24.7 Å². The Morgan fingerprint density at radius 3 is 2.38 bits per heavy atom. The van der Waals surface area contributed by atoms with Gasteiger partial charge in [-0.3, -0.25) is 4.90 Å². The van der Waals surface area contributed by atoms with E-state index in [9.17, 15) is 4.57 Å². The van der Waals surface area contributed by atoms with Gasteiger partial charge in [-0.1, -0.05) is 37.6 Å². The number of nitrogens with one attached hydrogen (secondary N) is 2. The van der Waals surface area contributed by atoms with Gasteiger partial charge in [-0.25, -0.2) is 4.98 Å². The minimum absolute atomic E-state index is 0.375. The molecular formula is C31H43ClN7O2P. The van der Waals surface area contributed by atoms with Crippen LogP contribution in [0.5, 0.6) is 5.75 Å². The number of piperidine rings is 1. The molecule has 0 amide bonds. The molecule has 0 aliphatic carbocycles. The molecule has 1 aromatic heterocycles. The molecule has 3 heterocycles. The summed E-state index contributed by atoms with van der Waals surface area (Å²) in [6.07, 6.45) is 5.10. The number of para-hydroxylation sites is 1. The molecule has 0 spiro atoms. The van der Waals surface area contributed by atoms with Gasteiger partial charge in [0, 0.05) is 74.7 Å². The highest BCUT2D eigenvalue weighted by Crippen LogP contribution is 2.46. The van der Waals surface area contributed by atoms with Crippen LogP contribution >= 0.6 is 18.7 Å². The Hall–Kier alpha value is -2.84. The minimum atomic E-state index is -2.52. The quantitative estimate of drug-likeness (QED) is 0.273. The number of nitrogens with zero attached hydrogens (tertiary/aromatic N) is 5. The van der Waals surface area contributed by atoms with Crippen LogP contribution in [0.4, 0.5) is 28.8 Å². The second kappa shape index (κ2) is 13.6. The predicted octanol–water partition coefficient (Wildman–Crippen LogP) is 5.87. The summed E-state index contributed by atoms with van der Waals surface area (Å²) >= 11 is 6.50. The number of hydrogen-bond donors (Lipinski definition) is 2. The maximum absolute atomic E-state index is 13.5. The number of benzene rings is 2. The smallest absolute Gasteiger partial charge is 0.229 e. The molecule has 2 aromatic carbocycles. The van der Waals surface area contributed by atoms with Gasteiger partial charge in [0.2, 0.25) is 5.95 Å². The lowest BCUT2D eigenvalue weighted by Crippen LogP contribution is -2.52. The molecule has 5 rings (SSSR count). The highest BCUT2D eigenvalue weighted by molar-refractivity contribution is 7.71. The van der Waals surface area contributed by atoms with Crippen molar-refractivity contribution in [3.63, 3.8) is 0 Å². The molecule has 2 N–H and O–H groups in total. The molecule has 0 radical (unpaired) electrons. The fourth-order valence-electron chi connectivity index (χ4n) is 5.92. The summed E-state index contributed by atoms with van der Waals surface area (Å²) in [6, 6.07) is 14.6. The van der Waals surface area contributed by atoms with Gasteiger partial charge in [0.15, 0.2) is 5.82 Å². The topological polar surface area (TPSA) is 85.9 Å². The van der Waals surface area contributed by atoms with Crippen molar-refractivity contribution in [2.45, 2.75) is 32.7 Å². The maximum Gasteiger partial charge on any atom is 0.229 e. The lowest BCUT2D eigenvalue weighted by Gasteiger charge is -2.42. The summed E-state index contributed by atoms with van der Waals surface area (Å²) in [7, 11) is 1.37. The number of hydrogen-bond acceptors (Lipinski definition) is 9. The lowest BCUT2D eigenvalue weighted by molar-refractivity contribution is 0.0982. The van der Waals surface area contributed by atoms with Crippen LogP contribution in [-0.2, 0) is 4.57 Å². The molecule has 2 fully saturated rings. The highest BCUT2D eigenvalue weighted by Gasteiger charge is 2.27. The van der Waals surface area contributed by atoms with E-state index in [4.69, 9.17) is 16.3 Å². The van der Waals surface area contributed by atoms with Gasteiger partial charge >= 0.3 is 0 Å². The molecule has 2 aliphatic heterocycles. The fourth-order valence-corrected chi connectivity index (χ4v) is 8.11. The molecule has 0 unspecified atom stereocenters. The lowest BCUT2D eigenvalue weighted by atomic mass is 10.0. The van der Waals surface area contributed by atoms with Crippen molar-refractivity contribution in [2.75, 3.05) is 81.3 Å². The Morgan fingerprint density at radius 1 is 0.976 bits per heavy atom. The number of methoxy groups -OCH3 is 1. The predicted molar refractivity (Wildman–Crippen MR) is 176 cm³/mol. The average molecular weight is 612 g/mol. The second-order valence-corrected chi connectivity index (χ2v) is 15.1. The van der Waals surface area contributed by atoms with Crippen molar-refractivity contribution in [1.29, 1.82) is 0 Å². The zero-order chi connectivity index (χ0) is 29.7. The number of anilines is 5. The summed E-state index contributed by atoms with van der Waals surface area (Å²) in [5, 5.41) is 7.80. The van der Waals surface area contributed by atoms with E-state index in [0.717, 1.165) is 54.3 Å². The van der Waals surface area contributed by atoms with Crippen LogP contribution in [0, 0.1) is 0 Å². The third kappa shape index (κ3) is 6.86. The molecule has 11 heteroatoms. The molecule has 0 atom stereocenters. The Labute approximate surface area is 255 Å². The van der Waals surface area contributed by atoms with Crippen LogP contribution in [0.2, 0.25) is 5.02 Å². The van der Waals surface area contributed by atoms with E-state index in [-0.39, 0.29) is 0 Å². The third-order valence-electron chi connectivity index (χ3n) is 8.68. The van der Waals surface area contributed by atoms with E-state index < -0.39 is 7.14 Å². The normalized spacial score (nSPS) is 17.3. The van der Waals surface area contributed by atoms with Crippen molar-refractivity contribution in [2.24, 2.45) is 0 Å². The first-order chi connectivity index (χ1) is 20.3. The fraction of sp³-hybridized carbons (Fsp3) is 0.484. The van der Waals surface area contributed by atoms with Gasteiger partial charge in [-0.2, -0.15) is 4.98 Å². The zero-order valence-corrected chi connectivity index (χ0v) is 26.8. The summed E-state index contributed by atoms with van der Waals surface area (Å²) in [5.41, 5.74) is 2.67. The van der Waals surface area contributed by atoms with Gasteiger partial charge in [0.1, 0.15) is 17.9 Å². The Balaban J connectivity index is 1.28. The Kier molecular flexibility index (Phi) is 9.94. The molecule has 0 bridgehead atoms. The maximum atomic E-state index is 13.5. The monoisotopic (exact) mass is 611 g/mol. The molecule has 3 aromatic rings. The second-order valence-electron chi connectivity index (χ2n) is 11.1. The molecule has 2 saturated heterocycles. The first-order valence-electron chi connectivity index (χ1n) is 14.9. The molecule has 226 valence electrons. The van der Waals surface area contributed by atoms with Crippen LogP contribution in [0.15, 0.2) is 48.7 Å². The van der Waals surface area contributed by atoms with Crippen LogP contribution < -0.4 is 25.6 Å². The van der Waals surface area contributed by atoms with E-state index in [1.165, 1.54) is 25.9 Å². The summed E-state index contributed by atoms with van der Waals surface area (Å²) in [4.78, 5) is 16.6. The standard InChI is InChI=1S/C31H43ClN7O2P/c1-5-42(40,6-2)29-10-8-7-9-27(29)34-30-25(32)22-33-31(36-30)35-26-12-11-24(21-28(26)41-4)38-15-13-23(14-16-38)39-19-17-37(3)18-20-39/h7-12,21-23H,5-6,13-20H2,1-4H3,(H2,33,34,35,36). The first kappa shape index (κ1) is 30.6. The van der Waals surface area contributed by atoms with Crippen LogP contribution in [0.3, 0.4) is 0 Å². The third-order valence-corrected chi connectivity index (χ3v) is 12.3. The SMILES string of the molecule is CCP(=O)(CC)c1ccccc1Nc1nc(Nc2ccc(N3CCC(N4CCN(C)CC4)CC3)cc2OC)ncc1Cl. The summed E-state index contributed by atoms with van der Waals surface area (Å²) in [6.45, 7) is 10.7. The number of aromatic nitrogens is 2. The van der Waals surface area contributed by atoms with Crippen LogP contribution in [0.25, 0.3) is 0 Å². The summed E-state index contributed by atoms with van der Waals surface area (Å²) < 4.78 is 19.3. The van der Waals surface area contributed by atoms with Gasteiger partial charge in [0.25, 0.3) is 0 Å². The minimum Gasteiger partial charge on any atom is -0.494 e. The Bertz CT molecular complexity index is 1400. The summed E-state index contributed by atoms with van der Waals surface area (Å²) in [5.74, 6) is 1.55. The van der Waals surface area contributed by atoms with Crippen molar-refractivity contribution < 1.29 is 9.30 Å². The van der Waals surface area contributed by atoms with Crippen molar-refractivity contribution >= 4 is 52.9 Å². The van der Waals surface area contributed by atoms with E-state index in [1.807, 2.05) is 44.2 Å². The first-order valence-corrected chi connectivity index (χ1v) is 17.4. The van der Waals surface area contributed by atoms with Gasteiger partial charge < -0.3 is 29.7 Å². The molecule has 42 heavy (non-hydrogen) atoms. The Morgan fingerprint density at radius 2 is 1.69 bits per heavy atom. The number of halogens is 1. The van der Waals surface area contributed by atoms with Gasteiger partial charge in [-0.15, -0.1) is 0 Å². The molecule has 9 nitrogen and oxygen atoms in total. The number of rotatable bonds is 10. The van der Waals surface area contributed by atoms with E-state index in [2.05, 4.69) is 54.5 Å². The number of piperazine rings is 1. The van der Waals surface area contributed by atoms with Crippen LogP contribution in [-0.4, -0.2) is 91.6 Å². The van der Waals surface area contributed by atoms with Crippen molar-refractivity contribution in [3.8, 4) is 5.75 Å². The van der Waals surface area contributed by atoms with Gasteiger partial charge in [-0.05, 0) is 44.2 Å². The van der Waals surface area contributed by atoms with Crippen molar-refractivity contribution in [3.05, 3.63) is 53.7 Å². The van der Waals surface area contributed by atoms with E-state index >= 15 is 0 Å². The molecular weight excluding hydrogens is 569 g/mol. The van der Waals surface area contributed by atoms with E-state index in [1.54, 1.807) is 13.3 Å². The molecule has 2 aliphatic rings. The highest BCUT2D eigenvalue weighted by atomic mass is 35.5.